The van der Waals surface area contributed by atoms with Gasteiger partial charge in [-0.25, -0.2) is 4.98 Å². The summed E-state index contributed by atoms with van der Waals surface area (Å²) in [4.78, 5) is 20.3. The van der Waals surface area contributed by atoms with E-state index < -0.39 is 0 Å². The monoisotopic (exact) mass is 270 g/mol. The van der Waals surface area contributed by atoms with Crippen molar-refractivity contribution in [3.63, 3.8) is 0 Å². The number of aromatic nitrogens is 2. The van der Waals surface area contributed by atoms with Crippen molar-refractivity contribution in [2.75, 3.05) is 19.0 Å². The topological polar surface area (TPSA) is 76.1 Å². The Morgan fingerprint density at radius 2 is 2.20 bits per heavy atom. The van der Waals surface area contributed by atoms with E-state index in [1.165, 1.54) is 6.20 Å². The third-order valence-electron chi connectivity index (χ3n) is 3.13. The summed E-state index contributed by atoms with van der Waals surface area (Å²) in [6.07, 6.45) is 3.00. The molecule has 2 aromatic rings. The average molecular weight is 270 g/mol. The SMILES string of the molecule is CNc1cncc(C(=O)NC2COc3ccccc32)n1. The van der Waals surface area contributed by atoms with Gasteiger partial charge in [0.05, 0.1) is 18.4 Å². The summed E-state index contributed by atoms with van der Waals surface area (Å²) < 4.78 is 5.53. The molecule has 1 aliphatic rings. The number of nitrogens with one attached hydrogen (secondary N) is 2. The van der Waals surface area contributed by atoms with Crippen LogP contribution in [0.15, 0.2) is 36.7 Å². The molecule has 0 aliphatic carbocycles. The van der Waals surface area contributed by atoms with Crippen molar-refractivity contribution in [1.82, 2.24) is 15.3 Å². The molecule has 1 aromatic carbocycles. The fraction of sp³-hybridized carbons (Fsp3) is 0.214. The molecular weight excluding hydrogens is 256 g/mol. The van der Waals surface area contributed by atoms with Crippen LogP contribution in [0.3, 0.4) is 0 Å². The Morgan fingerprint density at radius 1 is 1.35 bits per heavy atom. The van der Waals surface area contributed by atoms with Crippen molar-refractivity contribution in [2.24, 2.45) is 0 Å². The highest BCUT2D eigenvalue weighted by Crippen LogP contribution is 2.31. The molecule has 1 aliphatic heterocycles. The summed E-state index contributed by atoms with van der Waals surface area (Å²) in [5, 5.41) is 5.76. The van der Waals surface area contributed by atoms with Gasteiger partial charge in [0, 0.05) is 12.6 Å². The molecule has 1 atom stereocenters. The molecule has 0 fully saturated rings. The molecular formula is C14H14N4O2. The predicted molar refractivity (Wildman–Crippen MR) is 73.7 cm³/mol. The van der Waals surface area contributed by atoms with E-state index in [-0.39, 0.29) is 17.6 Å². The number of fused-ring (bicyclic) bond motifs is 1. The molecule has 1 aromatic heterocycles. The van der Waals surface area contributed by atoms with Gasteiger partial charge in [-0.2, -0.15) is 0 Å². The number of hydrogen-bond acceptors (Lipinski definition) is 5. The summed E-state index contributed by atoms with van der Waals surface area (Å²) in [6.45, 7) is 0.435. The van der Waals surface area contributed by atoms with Crippen LogP contribution in [0.25, 0.3) is 0 Å². The lowest BCUT2D eigenvalue weighted by Gasteiger charge is -2.11. The Kier molecular flexibility index (Phi) is 3.20. The van der Waals surface area contributed by atoms with Gasteiger partial charge in [-0.05, 0) is 6.07 Å². The minimum atomic E-state index is -0.264. The van der Waals surface area contributed by atoms with Gasteiger partial charge < -0.3 is 15.4 Å². The van der Waals surface area contributed by atoms with Gasteiger partial charge in [-0.1, -0.05) is 18.2 Å². The Morgan fingerprint density at radius 3 is 3.05 bits per heavy atom. The van der Waals surface area contributed by atoms with E-state index in [1.807, 2.05) is 24.3 Å². The van der Waals surface area contributed by atoms with Crippen molar-refractivity contribution in [1.29, 1.82) is 0 Å². The molecule has 1 amide bonds. The fourth-order valence-corrected chi connectivity index (χ4v) is 2.11. The molecule has 2 heterocycles. The molecule has 6 heteroatoms. The summed E-state index contributed by atoms with van der Waals surface area (Å²) in [6, 6.07) is 7.52. The van der Waals surface area contributed by atoms with Crippen molar-refractivity contribution in [3.8, 4) is 5.75 Å². The number of para-hydroxylation sites is 1. The summed E-state index contributed by atoms with van der Waals surface area (Å²) in [5.74, 6) is 1.11. The van der Waals surface area contributed by atoms with Gasteiger partial charge in [0.25, 0.3) is 5.91 Å². The van der Waals surface area contributed by atoms with Gasteiger partial charge in [-0.15, -0.1) is 0 Å². The lowest BCUT2D eigenvalue weighted by Crippen LogP contribution is -2.30. The van der Waals surface area contributed by atoms with Gasteiger partial charge >= 0.3 is 0 Å². The lowest BCUT2D eigenvalue weighted by atomic mass is 10.1. The van der Waals surface area contributed by atoms with Crippen LogP contribution in [-0.2, 0) is 0 Å². The number of carbonyl (C=O) groups excluding carboxylic acids is 1. The minimum Gasteiger partial charge on any atom is -0.491 e. The second-order valence-electron chi connectivity index (χ2n) is 4.41. The Balaban J connectivity index is 1.77. The first-order valence-corrected chi connectivity index (χ1v) is 6.30. The summed E-state index contributed by atoms with van der Waals surface area (Å²) in [7, 11) is 1.73. The van der Waals surface area contributed by atoms with E-state index in [1.54, 1.807) is 13.2 Å². The zero-order valence-electron chi connectivity index (χ0n) is 11.0. The van der Waals surface area contributed by atoms with Crippen LogP contribution >= 0.6 is 0 Å². The first-order chi connectivity index (χ1) is 9.78. The standard InChI is InChI=1S/C14H14N4O2/c1-15-13-7-16-6-10(17-13)14(19)18-11-8-20-12-5-3-2-4-9(11)12/h2-7,11H,8H2,1H3,(H,15,17)(H,18,19). The number of anilines is 1. The first kappa shape index (κ1) is 12.4. The molecule has 0 radical (unpaired) electrons. The molecule has 0 saturated heterocycles. The predicted octanol–water partition coefficient (Wildman–Crippen LogP) is 1.38. The first-order valence-electron chi connectivity index (χ1n) is 6.30. The van der Waals surface area contributed by atoms with E-state index in [2.05, 4.69) is 20.6 Å². The highest BCUT2D eigenvalue weighted by Gasteiger charge is 2.25. The summed E-state index contributed by atoms with van der Waals surface area (Å²) in [5.41, 5.74) is 1.26. The second-order valence-corrected chi connectivity index (χ2v) is 4.41. The molecule has 20 heavy (non-hydrogen) atoms. The van der Waals surface area contributed by atoms with Crippen LogP contribution in [-0.4, -0.2) is 29.5 Å². The zero-order valence-corrected chi connectivity index (χ0v) is 11.0. The molecule has 2 N–H and O–H groups in total. The molecule has 1 unspecified atom stereocenters. The van der Waals surface area contributed by atoms with Crippen molar-refractivity contribution in [2.45, 2.75) is 6.04 Å². The quantitative estimate of drug-likeness (QED) is 0.881. The Bertz CT molecular complexity index is 645. The van der Waals surface area contributed by atoms with Crippen LogP contribution in [0.1, 0.15) is 22.1 Å². The van der Waals surface area contributed by atoms with Crippen molar-refractivity contribution < 1.29 is 9.53 Å². The Labute approximate surface area is 116 Å². The maximum atomic E-state index is 12.2. The van der Waals surface area contributed by atoms with Gasteiger partial charge in [0.15, 0.2) is 0 Å². The Hall–Kier alpha value is -2.63. The average Bonchev–Trinajstić information content (AvgIpc) is 2.90. The number of carbonyl (C=O) groups is 1. The number of ether oxygens (including phenoxy) is 1. The molecule has 0 bridgehead atoms. The van der Waals surface area contributed by atoms with Crippen molar-refractivity contribution in [3.05, 3.63) is 47.9 Å². The smallest absolute Gasteiger partial charge is 0.272 e. The highest BCUT2D eigenvalue weighted by atomic mass is 16.5. The number of rotatable bonds is 3. The van der Waals surface area contributed by atoms with Crippen LogP contribution in [0.2, 0.25) is 0 Å². The van der Waals surface area contributed by atoms with E-state index in [0.717, 1.165) is 11.3 Å². The lowest BCUT2D eigenvalue weighted by molar-refractivity contribution is 0.0925. The molecule has 102 valence electrons. The molecule has 0 saturated carbocycles. The van der Waals surface area contributed by atoms with Crippen LogP contribution in [0.5, 0.6) is 5.75 Å². The maximum absolute atomic E-state index is 12.2. The number of amides is 1. The molecule has 3 rings (SSSR count). The maximum Gasteiger partial charge on any atom is 0.272 e. The van der Waals surface area contributed by atoms with Gasteiger partial charge in [0.1, 0.15) is 23.9 Å². The zero-order chi connectivity index (χ0) is 13.9. The van der Waals surface area contributed by atoms with Crippen molar-refractivity contribution >= 4 is 11.7 Å². The number of benzene rings is 1. The number of nitrogens with zero attached hydrogens (tertiary/aromatic N) is 2. The van der Waals surface area contributed by atoms with Crippen LogP contribution in [0, 0.1) is 0 Å². The summed E-state index contributed by atoms with van der Waals surface area (Å²) >= 11 is 0. The van der Waals surface area contributed by atoms with Gasteiger partial charge in [0.2, 0.25) is 0 Å². The van der Waals surface area contributed by atoms with E-state index >= 15 is 0 Å². The molecule has 0 spiro atoms. The largest absolute Gasteiger partial charge is 0.491 e. The van der Waals surface area contributed by atoms with Crippen LogP contribution < -0.4 is 15.4 Å². The molecule has 6 nitrogen and oxygen atoms in total. The van der Waals surface area contributed by atoms with Crippen LogP contribution in [0.4, 0.5) is 5.82 Å². The highest BCUT2D eigenvalue weighted by molar-refractivity contribution is 5.92. The van der Waals surface area contributed by atoms with E-state index in [4.69, 9.17) is 4.74 Å². The normalized spacial score (nSPS) is 16.1. The number of hydrogen-bond donors (Lipinski definition) is 2. The van der Waals surface area contributed by atoms with E-state index in [0.29, 0.717) is 12.4 Å². The van der Waals surface area contributed by atoms with E-state index in [9.17, 15) is 4.79 Å². The third kappa shape index (κ3) is 2.27. The fourth-order valence-electron chi connectivity index (χ4n) is 2.11. The minimum absolute atomic E-state index is 0.154. The second kappa shape index (κ2) is 5.16. The third-order valence-corrected chi connectivity index (χ3v) is 3.13. The van der Waals surface area contributed by atoms with Gasteiger partial charge in [-0.3, -0.25) is 9.78 Å².